The Morgan fingerprint density at radius 1 is 0.739 bits per heavy atom. The molecule has 0 saturated heterocycles. The second-order valence-electron chi connectivity index (χ2n) is 7.52. The fourth-order valence-corrected chi connectivity index (χ4v) is 6.33. The highest BCUT2D eigenvalue weighted by Gasteiger charge is 2.49. The Hall–Kier alpha value is -1.13. The van der Waals surface area contributed by atoms with Crippen molar-refractivity contribution in [2.75, 3.05) is 0 Å². The van der Waals surface area contributed by atoms with Gasteiger partial charge in [-0.15, -0.1) is 9.24 Å². The maximum Gasteiger partial charge on any atom is -0.00478 e. The van der Waals surface area contributed by atoms with E-state index in [-0.39, 0.29) is 0 Å². The first-order valence-electron chi connectivity index (χ1n) is 9.18. The Morgan fingerprint density at radius 3 is 2.09 bits per heavy atom. The molecule has 0 aliphatic heterocycles. The van der Waals surface area contributed by atoms with Crippen molar-refractivity contribution in [2.24, 2.45) is 5.92 Å². The third kappa shape index (κ3) is 2.76. The lowest BCUT2D eigenvalue weighted by Crippen LogP contribution is -2.35. The van der Waals surface area contributed by atoms with E-state index < -0.39 is 0 Å². The van der Waals surface area contributed by atoms with E-state index in [0.717, 1.165) is 11.8 Å². The molecule has 2 fully saturated rings. The van der Waals surface area contributed by atoms with Crippen molar-refractivity contribution < 1.29 is 0 Å². The molecule has 0 aromatic heterocycles. The zero-order chi connectivity index (χ0) is 15.7. The van der Waals surface area contributed by atoms with Gasteiger partial charge in [0.2, 0.25) is 0 Å². The van der Waals surface area contributed by atoms with Crippen LogP contribution in [0.2, 0.25) is 0 Å². The minimum atomic E-state index is 0.387. The van der Waals surface area contributed by atoms with Gasteiger partial charge in [0.1, 0.15) is 0 Å². The van der Waals surface area contributed by atoms with Gasteiger partial charge in [0.05, 0.1) is 0 Å². The molecule has 23 heavy (non-hydrogen) atoms. The standard InChI is InChI=1S/C22H27P/c23-22(16-8-15-20(22)18-11-5-2-6-12-18)21-14-7-13-19(21)17-9-3-1-4-10-17/h1-6,9-12,19-21H,7-8,13-16,23H2/t19-,20+,21+,22-/m0/s1. The van der Waals surface area contributed by atoms with E-state index in [1.54, 1.807) is 11.1 Å². The van der Waals surface area contributed by atoms with Crippen LogP contribution in [-0.2, 0) is 0 Å². The molecule has 0 N–H and O–H groups in total. The van der Waals surface area contributed by atoms with E-state index in [2.05, 4.69) is 69.9 Å². The molecule has 5 atom stereocenters. The molecule has 0 bridgehead atoms. The first kappa shape index (κ1) is 15.4. The second kappa shape index (κ2) is 6.40. The lowest BCUT2D eigenvalue weighted by Gasteiger charge is -2.41. The molecule has 0 spiro atoms. The topological polar surface area (TPSA) is 0 Å². The molecule has 0 amide bonds. The van der Waals surface area contributed by atoms with Crippen molar-refractivity contribution in [1.82, 2.24) is 0 Å². The third-order valence-corrected chi connectivity index (χ3v) is 7.51. The van der Waals surface area contributed by atoms with Crippen LogP contribution in [0, 0.1) is 5.92 Å². The van der Waals surface area contributed by atoms with Crippen molar-refractivity contribution in [3.8, 4) is 0 Å². The molecule has 2 saturated carbocycles. The predicted octanol–water partition coefficient (Wildman–Crippen LogP) is 6.15. The van der Waals surface area contributed by atoms with Crippen LogP contribution >= 0.6 is 9.24 Å². The van der Waals surface area contributed by atoms with Crippen LogP contribution in [0.5, 0.6) is 0 Å². The third-order valence-electron chi connectivity index (χ3n) is 6.39. The maximum absolute atomic E-state index is 3.36. The Bertz CT molecular complexity index is 636. The van der Waals surface area contributed by atoms with E-state index >= 15 is 0 Å². The average Bonchev–Trinajstić information content (AvgIpc) is 3.24. The Balaban J connectivity index is 1.67. The molecule has 1 unspecified atom stereocenters. The average molecular weight is 322 g/mol. The van der Waals surface area contributed by atoms with E-state index in [4.69, 9.17) is 0 Å². The van der Waals surface area contributed by atoms with Crippen molar-refractivity contribution in [1.29, 1.82) is 0 Å². The fraction of sp³-hybridized carbons (Fsp3) is 0.455. The first-order chi connectivity index (χ1) is 11.3. The van der Waals surface area contributed by atoms with E-state index in [0.29, 0.717) is 11.1 Å². The van der Waals surface area contributed by atoms with Crippen LogP contribution in [-0.4, -0.2) is 5.16 Å². The van der Waals surface area contributed by atoms with Gasteiger partial charge in [-0.05, 0) is 59.7 Å². The van der Waals surface area contributed by atoms with Gasteiger partial charge in [-0.3, -0.25) is 0 Å². The molecular weight excluding hydrogens is 295 g/mol. The highest BCUT2D eigenvalue weighted by atomic mass is 31.0. The van der Waals surface area contributed by atoms with Gasteiger partial charge in [-0.2, -0.15) is 0 Å². The van der Waals surface area contributed by atoms with Crippen molar-refractivity contribution >= 4 is 9.24 Å². The molecule has 2 aromatic carbocycles. The monoisotopic (exact) mass is 322 g/mol. The number of hydrogen-bond donors (Lipinski definition) is 0. The number of hydrogen-bond acceptors (Lipinski definition) is 0. The highest BCUT2D eigenvalue weighted by molar-refractivity contribution is 7.19. The summed E-state index contributed by atoms with van der Waals surface area (Å²) in [5.41, 5.74) is 3.12. The maximum atomic E-state index is 3.36. The van der Waals surface area contributed by atoms with Crippen molar-refractivity contribution in [2.45, 2.75) is 55.5 Å². The van der Waals surface area contributed by atoms with Gasteiger partial charge < -0.3 is 0 Å². The molecule has 120 valence electrons. The molecule has 2 aliphatic rings. The Morgan fingerprint density at radius 2 is 1.39 bits per heavy atom. The van der Waals surface area contributed by atoms with Gasteiger partial charge in [0.25, 0.3) is 0 Å². The van der Waals surface area contributed by atoms with Gasteiger partial charge in [-0.25, -0.2) is 0 Å². The SMILES string of the molecule is P[C@@]1([C@@H]2CCC[C@H]2c2ccccc2)CCC[C@@H]1c1ccccc1. The molecule has 4 rings (SSSR count). The zero-order valence-corrected chi connectivity index (χ0v) is 15.0. The van der Waals surface area contributed by atoms with Crippen molar-refractivity contribution in [3.63, 3.8) is 0 Å². The number of benzene rings is 2. The summed E-state index contributed by atoms with van der Waals surface area (Å²) in [7, 11) is 3.36. The summed E-state index contributed by atoms with van der Waals surface area (Å²) in [4.78, 5) is 0. The van der Waals surface area contributed by atoms with Crippen LogP contribution in [0.3, 0.4) is 0 Å². The van der Waals surface area contributed by atoms with Gasteiger partial charge in [0, 0.05) is 0 Å². The second-order valence-corrected chi connectivity index (χ2v) is 8.60. The first-order valence-corrected chi connectivity index (χ1v) is 9.75. The van der Waals surface area contributed by atoms with E-state index in [1.807, 2.05) is 0 Å². The van der Waals surface area contributed by atoms with Crippen LogP contribution in [0.1, 0.15) is 61.5 Å². The molecule has 2 aromatic rings. The lowest BCUT2D eigenvalue weighted by molar-refractivity contribution is 0.327. The minimum absolute atomic E-state index is 0.387. The van der Waals surface area contributed by atoms with Crippen LogP contribution in [0.15, 0.2) is 60.7 Å². The summed E-state index contributed by atoms with van der Waals surface area (Å²) in [6, 6.07) is 22.5. The molecule has 1 heteroatoms. The summed E-state index contributed by atoms with van der Waals surface area (Å²) in [6.45, 7) is 0. The van der Waals surface area contributed by atoms with E-state index in [1.165, 1.54) is 38.5 Å². The molecule has 2 aliphatic carbocycles. The van der Waals surface area contributed by atoms with Crippen molar-refractivity contribution in [3.05, 3.63) is 71.8 Å². The lowest BCUT2D eigenvalue weighted by atomic mass is 9.73. The largest absolute Gasteiger partial charge is 0.130 e. The summed E-state index contributed by atoms with van der Waals surface area (Å²) in [5.74, 6) is 2.27. The van der Waals surface area contributed by atoms with Gasteiger partial charge >= 0.3 is 0 Å². The highest BCUT2D eigenvalue weighted by Crippen LogP contribution is 2.60. The normalized spacial score (nSPS) is 33.9. The minimum Gasteiger partial charge on any atom is -0.130 e. The fourth-order valence-electron chi connectivity index (χ4n) is 5.36. The smallest absolute Gasteiger partial charge is 0.00478 e. The summed E-state index contributed by atoms with van der Waals surface area (Å²) < 4.78 is 0. The molecule has 0 nitrogen and oxygen atoms in total. The van der Waals surface area contributed by atoms with Crippen LogP contribution < -0.4 is 0 Å². The van der Waals surface area contributed by atoms with Crippen LogP contribution in [0.25, 0.3) is 0 Å². The summed E-state index contributed by atoms with van der Waals surface area (Å²) in [5, 5.41) is 0.387. The quantitative estimate of drug-likeness (QED) is 0.594. The summed E-state index contributed by atoms with van der Waals surface area (Å²) in [6.07, 6.45) is 8.25. The Labute approximate surface area is 142 Å². The Kier molecular flexibility index (Phi) is 4.29. The summed E-state index contributed by atoms with van der Waals surface area (Å²) >= 11 is 0. The predicted molar refractivity (Wildman–Crippen MR) is 102 cm³/mol. The molecule has 0 radical (unpaired) electrons. The van der Waals surface area contributed by atoms with E-state index in [9.17, 15) is 0 Å². The van der Waals surface area contributed by atoms with Gasteiger partial charge in [-0.1, -0.05) is 73.5 Å². The molecule has 0 heterocycles. The van der Waals surface area contributed by atoms with Crippen LogP contribution in [0.4, 0.5) is 0 Å². The number of rotatable bonds is 3. The zero-order valence-electron chi connectivity index (χ0n) is 13.8. The van der Waals surface area contributed by atoms with Gasteiger partial charge in [0.15, 0.2) is 0 Å². The molecular formula is C22H27P.